The van der Waals surface area contributed by atoms with Gasteiger partial charge >= 0.3 is 6.18 Å². The normalized spacial score (nSPS) is 14.1. The average molecular weight is 237 g/mol. The van der Waals surface area contributed by atoms with Crippen LogP contribution >= 0.6 is 0 Å². The van der Waals surface area contributed by atoms with Gasteiger partial charge < -0.3 is 14.8 Å². The number of halogens is 3. The van der Waals surface area contributed by atoms with Crippen molar-refractivity contribution in [2.45, 2.75) is 38.7 Å². The van der Waals surface area contributed by atoms with Crippen LogP contribution in [0.2, 0.25) is 0 Å². The van der Waals surface area contributed by atoms with Gasteiger partial charge in [0, 0.05) is 6.04 Å². The predicted octanol–water partition coefficient (Wildman–Crippen LogP) is 2.20. The Morgan fingerprint density at radius 3 is 2.50 bits per heavy atom. The van der Waals surface area contributed by atoms with Crippen LogP contribution in [0.25, 0.3) is 0 Å². The third-order valence-corrected chi connectivity index (χ3v) is 2.04. The summed E-state index contributed by atoms with van der Waals surface area (Å²) in [5.74, 6) is 0.915. The zero-order valence-corrected chi connectivity index (χ0v) is 8.84. The fraction of sp³-hybridized carbons (Fsp3) is 0.600. The number of aliphatic hydroxyl groups excluding tert-OH is 1. The molecule has 16 heavy (non-hydrogen) atoms. The van der Waals surface area contributed by atoms with E-state index in [9.17, 15) is 13.2 Å². The van der Waals surface area contributed by atoms with Crippen LogP contribution in [0.3, 0.4) is 0 Å². The molecule has 3 nitrogen and oxygen atoms in total. The molecule has 0 spiro atoms. The van der Waals surface area contributed by atoms with Crippen LogP contribution in [0.15, 0.2) is 16.5 Å². The highest BCUT2D eigenvalue weighted by atomic mass is 19.4. The Morgan fingerprint density at radius 1 is 1.38 bits per heavy atom. The van der Waals surface area contributed by atoms with Gasteiger partial charge in [0.05, 0.1) is 13.0 Å². The van der Waals surface area contributed by atoms with Crippen LogP contribution in [0.4, 0.5) is 13.2 Å². The summed E-state index contributed by atoms with van der Waals surface area (Å²) < 4.78 is 41.1. The second-order valence-corrected chi connectivity index (χ2v) is 3.63. The van der Waals surface area contributed by atoms with Crippen LogP contribution in [0.1, 0.15) is 24.9 Å². The number of aliphatic hydroxyl groups is 1. The van der Waals surface area contributed by atoms with E-state index < -0.39 is 18.6 Å². The molecule has 0 aliphatic heterocycles. The van der Waals surface area contributed by atoms with Gasteiger partial charge in [-0.05, 0) is 19.1 Å². The van der Waals surface area contributed by atoms with Gasteiger partial charge in [-0.1, -0.05) is 0 Å². The first-order valence-electron chi connectivity index (χ1n) is 4.89. The maximum Gasteiger partial charge on any atom is 0.390 e. The van der Waals surface area contributed by atoms with Crippen LogP contribution in [0, 0.1) is 0 Å². The van der Waals surface area contributed by atoms with E-state index in [-0.39, 0.29) is 13.2 Å². The summed E-state index contributed by atoms with van der Waals surface area (Å²) in [6, 6.07) is 2.55. The molecule has 0 amide bonds. The number of rotatable bonds is 5. The lowest BCUT2D eigenvalue weighted by Crippen LogP contribution is -2.30. The second kappa shape index (κ2) is 5.36. The molecular weight excluding hydrogens is 223 g/mol. The van der Waals surface area contributed by atoms with E-state index in [0.29, 0.717) is 11.5 Å². The zero-order chi connectivity index (χ0) is 12.2. The molecule has 0 saturated heterocycles. The third kappa shape index (κ3) is 4.67. The van der Waals surface area contributed by atoms with Gasteiger partial charge in [-0.3, -0.25) is 0 Å². The maximum atomic E-state index is 12.0. The molecule has 0 saturated carbocycles. The molecule has 0 bridgehead atoms. The lowest BCUT2D eigenvalue weighted by molar-refractivity contribution is -0.139. The molecule has 2 N–H and O–H groups in total. The van der Waals surface area contributed by atoms with Gasteiger partial charge in [0.15, 0.2) is 0 Å². The van der Waals surface area contributed by atoms with Crippen LogP contribution in [-0.4, -0.2) is 17.3 Å². The van der Waals surface area contributed by atoms with Gasteiger partial charge in [0.25, 0.3) is 0 Å². The Kier molecular flexibility index (Phi) is 4.37. The Balaban J connectivity index is 2.34. The first-order valence-corrected chi connectivity index (χ1v) is 4.89. The second-order valence-electron chi connectivity index (χ2n) is 3.63. The molecule has 0 radical (unpaired) electrons. The van der Waals surface area contributed by atoms with Crippen LogP contribution in [-0.2, 0) is 13.2 Å². The number of furan rings is 1. The molecule has 1 atom stereocenters. The minimum Gasteiger partial charge on any atom is -0.462 e. The Bertz CT molecular complexity index is 322. The first-order chi connectivity index (χ1) is 7.40. The van der Waals surface area contributed by atoms with Gasteiger partial charge in [0.1, 0.15) is 18.1 Å². The molecule has 1 aromatic rings. The monoisotopic (exact) mass is 237 g/mol. The van der Waals surface area contributed by atoms with Crippen molar-refractivity contribution in [2.24, 2.45) is 0 Å². The lowest BCUT2D eigenvalue weighted by atomic mass is 10.2. The lowest BCUT2D eigenvalue weighted by Gasteiger charge is -2.14. The average Bonchev–Trinajstić information content (AvgIpc) is 2.59. The highest BCUT2D eigenvalue weighted by Gasteiger charge is 2.29. The molecular formula is C10H14F3NO2. The molecule has 92 valence electrons. The summed E-state index contributed by atoms with van der Waals surface area (Å²) in [6.45, 7) is 1.47. The summed E-state index contributed by atoms with van der Waals surface area (Å²) >= 11 is 0. The summed E-state index contributed by atoms with van der Waals surface area (Å²) in [4.78, 5) is 0. The molecule has 6 heteroatoms. The number of hydrogen-bond donors (Lipinski definition) is 2. The minimum atomic E-state index is -4.16. The van der Waals surface area contributed by atoms with E-state index in [4.69, 9.17) is 9.52 Å². The Morgan fingerprint density at radius 2 is 2.00 bits per heavy atom. The highest BCUT2D eigenvalue weighted by Crippen LogP contribution is 2.21. The highest BCUT2D eigenvalue weighted by molar-refractivity contribution is 5.06. The van der Waals surface area contributed by atoms with E-state index in [2.05, 4.69) is 5.32 Å². The quantitative estimate of drug-likeness (QED) is 0.825. The standard InChI is InChI=1S/C10H14F3NO2/c1-7(4-10(11,12)13)14-5-8-2-3-9(6-15)16-8/h2-3,7,14-15H,4-6H2,1H3. The van der Waals surface area contributed by atoms with Crippen molar-refractivity contribution in [3.63, 3.8) is 0 Å². The van der Waals surface area contributed by atoms with E-state index in [1.54, 1.807) is 12.1 Å². The fourth-order valence-corrected chi connectivity index (χ4v) is 1.30. The van der Waals surface area contributed by atoms with Gasteiger partial charge in [-0.25, -0.2) is 0 Å². The molecule has 0 aromatic carbocycles. The summed E-state index contributed by atoms with van der Waals surface area (Å²) in [5, 5.41) is 11.4. The molecule has 0 fully saturated rings. The van der Waals surface area contributed by atoms with E-state index in [1.807, 2.05) is 0 Å². The van der Waals surface area contributed by atoms with Crippen molar-refractivity contribution in [2.75, 3.05) is 0 Å². The summed E-state index contributed by atoms with van der Waals surface area (Å²) in [5.41, 5.74) is 0. The number of alkyl halides is 3. The predicted molar refractivity (Wildman–Crippen MR) is 51.6 cm³/mol. The van der Waals surface area contributed by atoms with Gasteiger partial charge in [-0.15, -0.1) is 0 Å². The van der Waals surface area contributed by atoms with Gasteiger partial charge in [-0.2, -0.15) is 13.2 Å². The molecule has 0 aliphatic rings. The number of hydrogen-bond acceptors (Lipinski definition) is 3. The van der Waals surface area contributed by atoms with Crippen LogP contribution < -0.4 is 5.32 Å². The molecule has 1 rings (SSSR count). The summed E-state index contributed by atoms with van der Waals surface area (Å²) in [7, 11) is 0. The SMILES string of the molecule is CC(CC(F)(F)F)NCc1ccc(CO)o1. The smallest absolute Gasteiger partial charge is 0.390 e. The van der Waals surface area contributed by atoms with E-state index in [0.717, 1.165) is 0 Å². The molecule has 1 heterocycles. The Labute approximate surface area is 91.3 Å². The van der Waals surface area contributed by atoms with Crippen molar-refractivity contribution in [3.8, 4) is 0 Å². The van der Waals surface area contributed by atoms with Crippen molar-refractivity contribution in [3.05, 3.63) is 23.7 Å². The van der Waals surface area contributed by atoms with Crippen molar-refractivity contribution in [1.82, 2.24) is 5.32 Å². The third-order valence-electron chi connectivity index (χ3n) is 2.04. The van der Waals surface area contributed by atoms with E-state index >= 15 is 0 Å². The zero-order valence-electron chi connectivity index (χ0n) is 8.84. The topological polar surface area (TPSA) is 45.4 Å². The van der Waals surface area contributed by atoms with Crippen molar-refractivity contribution < 1.29 is 22.7 Å². The molecule has 1 unspecified atom stereocenters. The molecule has 1 aromatic heterocycles. The largest absolute Gasteiger partial charge is 0.462 e. The summed E-state index contributed by atoms with van der Waals surface area (Å²) in [6.07, 6.45) is -5.04. The molecule has 0 aliphatic carbocycles. The van der Waals surface area contributed by atoms with Crippen LogP contribution in [0.5, 0.6) is 0 Å². The first kappa shape index (κ1) is 13.1. The van der Waals surface area contributed by atoms with Gasteiger partial charge in [0.2, 0.25) is 0 Å². The minimum absolute atomic E-state index is 0.210. The van der Waals surface area contributed by atoms with Crippen molar-refractivity contribution in [1.29, 1.82) is 0 Å². The number of nitrogens with one attached hydrogen (secondary N) is 1. The maximum absolute atomic E-state index is 12.0. The van der Waals surface area contributed by atoms with Crippen molar-refractivity contribution >= 4 is 0 Å². The fourth-order valence-electron chi connectivity index (χ4n) is 1.30. The van der Waals surface area contributed by atoms with E-state index in [1.165, 1.54) is 6.92 Å². The Hall–Kier alpha value is -1.01.